The molecule has 1 aromatic heterocycles. The summed E-state index contributed by atoms with van der Waals surface area (Å²) in [4.78, 5) is 22.4. The van der Waals surface area contributed by atoms with Crippen molar-refractivity contribution in [1.29, 1.82) is 0 Å². The molecule has 0 saturated carbocycles. The highest BCUT2D eigenvalue weighted by atomic mass is 32.2. The van der Waals surface area contributed by atoms with Crippen molar-refractivity contribution in [2.75, 3.05) is 5.75 Å². The number of nitrogens with zero attached hydrogens (tertiary/aromatic N) is 4. The standard InChI is InChI=1S/C19H17N5O3S3/c1-13-6-8-14(9-7-13)11-28-18-22-23-19(30-18)29-12-17(25)21-20-10-15-4-2-3-5-16(15)24(26)27/h2-10H,11-12H2,1H3,(H,21,25)/b20-10-. The molecule has 0 aliphatic heterocycles. The summed E-state index contributed by atoms with van der Waals surface area (Å²) < 4.78 is 1.53. The summed E-state index contributed by atoms with van der Waals surface area (Å²) in [7, 11) is 0. The minimum atomic E-state index is -0.497. The molecule has 0 aliphatic carbocycles. The minimum absolute atomic E-state index is 0.0746. The van der Waals surface area contributed by atoms with Gasteiger partial charge in [0.1, 0.15) is 0 Å². The number of thioether (sulfide) groups is 2. The van der Waals surface area contributed by atoms with Crippen LogP contribution in [-0.2, 0) is 10.5 Å². The third kappa shape index (κ3) is 6.65. The quantitative estimate of drug-likeness (QED) is 0.220. The van der Waals surface area contributed by atoms with E-state index in [4.69, 9.17) is 0 Å². The van der Waals surface area contributed by atoms with E-state index in [2.05, 4.69) is 51.9 Å². The Kier molecular flexibility index (Phi) is 7.94. The smallest absolute Gasteiger partial charge is 0.272 e. The van der Waals surface area contributed by atoms with Gasteiger partial charge in [-0.25, -0.2) is 5.43 Å². The Morgan fingerprint density at radius 2 is 1.87 bits per heavy atom. The number of nitrogens with one attached hydrogen (secondary N) is 1. The Balaban J connectivity index is 1.44. The Morgan fingerprint density at radius 3 is 2.60 bits per heavy atom. The number of nitro benzene ring substituents is 1. The fourth-order valence-electron chi connectivity index (χ4n) is 2.24. The van der Waals surface area contributed by atoms with Crippen LogP contribution in [0.1, 0.15) is 16.7 Å². The molecule has 1 heterocycles. The van der Waals surface area contributed by atoms with Crippen molar-refractivity contribution in [3.05, 3.63) is 75.3 Å². The molecule has 154 valence electrons. The van der Waals surface area contributed by atoms with E-state index in [-0.39, 0.29) is 17.3 Å². The molecule has 0 saturated heterocycles. The summed E-state index contributed by atoms with van der Waals surface area (Å²) in [6.07, 6.45) is 1.26. The van der Waals surface area contributed by atoms with Crippen LogP contribution >= 0.6 is 34.9 Å². The Labute approximate surface area is 185 Å². The number of aromatic nitrogens is 2. The molecule has 0 atom stereocenters. The number of hydrazone groups is 1. The number of aryl methyl sites for hydroxylation is 1. The molecule has 3 rings (SSSR count). The van der Waals surface area contributed by atoms with Gasteiger partial charge in [-0.2, -0.15) is 5.10 Å². The highest BCUT2D eigenvalue weighted by molar-refractivity contribution is 8.03. The molecule has 0 unspecified atom stereocenters. The number of carbonyl (C=O) groups is 1. The first-order valence-corrected chi connectivity index (χ1v) is 11.5. The van der Waals surface area contributed by atoms with Crippen LogP contribution in [0.3, 0.4) is 0 Å². The molecule has 0 fully saturated rings. The SMILES string of the molecule is Cc1ccc(CSc2nnc(SCC(=O)N/N=C\c3ccccc3[N+](=O)[O-])s2)cc1. The molecule has 0 bridgehead atoms. The number of nitro groups is 1. The molecule has 3 aromatic rings. The lowest BCUT2D eigenvalue weighted by molar-refractivity contribution is -0.385. The van der Waals surface area contributed by atoms with Crippen LogP contribution in [-0.4, -0.2) is 33.0 Å². The van der Waals surface area contributed by atoms with Gasteiger partial charge in [-0.05, 0) is 18.6 Å². The molecule has 1 N–H and O–H groups in total. The van der Waals surface area contributed by atoms with Crippen molar-refractivity contribution in [3.63, 3.8) is 0 Å². The molecule has 1 amide bonds. The van der Waals surface area contributed by atoms with Gasteiger partial charge in [0.05, 0.1) is 22.5 Å². The van der Waals surface area contributed by atoms with Gasteiger partial charge in [0.2, 0.25) is 0 Å². The zero-order chi connectivity index (χ0) is 21.3. The van der Waals surface area contributed by atoms with E-state index < -0.39 is 4.92 Å². The third-order valence-electron chi connectivity index (χ3n) is 3.72. The maximum atomic E-state index is 11.9. The fourth-order valence-corrected chi connectivity index (χ4v) is 5.01. The lowest BCUT2D eigenvalue weighted by Gasteiger charge is -1.99. The lowest BCUT2D eigenvalue weighted by Crippen LogP contribution is -2.19. The van der Waals surface area contributed by atoms with Gasteiger partial charge >= 0.3 is 0 Å². The largest absolute Gasteiger partial charge is 0.278 e. The van der Waals surface area contributed by atoms with Gasteiger partial charge in [0.15, 0.2) is 8.68 Å². The first-order valence-electron chi connectivity index (χ1n) is 8.71. The summed E-state index contributed by atoms with van der Waals surface area (Å²) >= 11 is 4.30. The second-order valence-corrected chi connectivity index (χ2v) is 9.43. The van der Waals surface area contributed by atoms with Crippen molar-refractivity contribution < 1.29 is 9.72 Å². The fraction of sp³-hybridized carbons (Fsp3) is 0.158. The predicted octanol–water partition coefficient (Wildman–Crippen LogP) is 4.29. The molecule has 2 aromatic carbocycles. The minimum Gasteiger partial charge on any atom is -0.272 e. The summed E-state index contributed by atoms with van der Waals surface area (Å²) in [6, 6.07) is 14.5. The van der Waals surface area contributed by atoms with Gasteiger partial charge in [0.25, 0.3) is 11.6 Å². The van der Waals surface area contributed by atoms with E-state index in [1.54, 1.807) is 30.0 Å². The summed E-state index contributed by atoms with van der Waals surface area (Å²) in [5, 5.41) is 23.0. The molecule has 0 aliphatic rings. The van der Waals surface area contributed by atoms with E-state index in [0.29, 0.717) is 9.90 Å². The average molecular weight is 460 g/mol. The molecule has 0 spiro atoms. The maximum Gasteiger partial charge on any atom is 0.278 e. The van der Waals surface area contributed by atoms with Crippen molar-refractivity contribution >= 4 is 52.7 Å². The third-order valence-corrected chi connectivity index (χ3v) is 6.98. The van der Waals surface area contributed by atoms with Crippen LogP contribution < -0.4 is 5.43 Å². The summed E-state index contributed by atoms with van der Waals surface area (Å²) in [5.74, 6) is 0.588. The number of hydrogen-bond acceptors (Lipinski definition) is 9. The van der Waals surface area contributed by atoms with Gasteiger partial charge < -0.3 is 0 Å². The van der Waals surface area contributed by atoms with E-state index in [9.17, 15) is 14.9 Å². The van der Waals surface area contributed by atoms with E-state index in [1.165, 1.54) is 46.5 Å². The van der Waals surface area contributed by atoms with Crippen LogP contribution in [0.15, 0.2) is 62.3 Å². The monoisotopic (exact) mass is 459 g/mol. The van der Waals surface area contributed by atoms with E-state index >= 15 is 0 Å². The normalized spacial score (nSPS) is 11.0. The summed E-state index contributed by atoms with van der Waals surface area (Å²) in [6.45, 7) is 2.05. The summed E-state index contributed by atoms with van der Waals surface area (Å²) in [5.41, 5.74) is 5.04. The number of benzene rings is 2. The number of carbonyl (C=O) groups excluding carboxylic acids is 1. The Bertz CT molecular complexity index is 1050. The number of amides is 1. The van der Waals surface area contributed by atoms with Gasteiger partial charge in [-0.3, -0.25) is 14.9 Å². The second-order valence-electron chi connectivity index (χ2n) is 6.01. The zero-order valence-corrected chi connectivity index (χ0v) is 18.3. The zero-order valence-electron chi connectivity index (χ0n) is 15.8. The van der Waals surface area contributed by atoms with Crippen molar-refractivity contribution in [2.45, 2.75) is 21.4 Å². The molecule has 8 nitrogen and oxygen atoms in total. The average Bonchev–Trinajstić information content (AvgIpc) is 3.20. The van der Waals surface area contributed by atoms with Crippen LogP contribution in [0, 0.1) is 17.0 Å². The van der Waals surface area contributed by atoms with E-state index in [0.717, 1.165) is 10.1 Å². The van der Waals surface area contributed by atoms with Gasteiger partial charge in [-0.1, -0.05) is 76.8 Å². The highest BCUT2D eigenvalue weighted by Crippen LogP contribution is 2.30. The first kappa shape index (κ1) is 21.9. The first-order chi connectivity index (χ1) is 14.5. The van der Waals surface area contributed by atoms with Crippen LogP contribution in [0.25, 0.3) is 0 Å². The highest BCUT2D eigenvalue weighted by Gasteiger charge is 2.11. The second kappa shape index (κ2) is 10.9. The number of para-hydroxylation sites is 1. The van der Waals surface area contributed by atoms with Gasteiger partial charge in [0, 0.05) is 11.8 Å². The molecule has 11 heteroatoms. The van der Waals surface area contributed by atoms with Gasteiger partial charge in [-0.15, -0.1) is 10.2 Å². The van der Waals surface area contributed by atoms with Crippen LogP contribution in [0.4, 0.5) is 5.69 Å². The van der Waals surface area contributed by atoms with Crippen LogP contribution in [0.5, 0.6) is 0 Å². The lowest BCUT2D eigenvalue weighted by atomic mass is 10.2. The maximum absolute atomic E-state index is 11.9. The predicted molar refractivity (Wildman–Crippen MR) is 120 cm³/mol. The number of rotatable bonds is 9. The molecular weight excluding hydrogens is 442 g/mol. The number of hydrogen-bond donors (Lipinski definition) is 1. The van der Waals surface area contributed by atoms with E-state index in [1.807, 2.05) is 0 Å². The van der Waals surface area contributed by atoms with Crippen molar-refractivity contribution in [1.82, 2.24) is 15.6 Å². The molecule has 30 heavy (non-hydrogen) atoms. The molecule has 0 radical (unpaired) electrons. The van der Waals surface area contributed by atoms with Crippen molar-refractivity contribution in [2.24, 2.45) is 5.10 Å². The van der Waals surface area contributed by atoms with Crippen molar-refractivity contribution in [3.8, 4) is 0 Å². The Morgan fingerprint density at radius 1 is 1.17 bits per heavy atom. The van der Waals surface area contributed by atoms with Crippen LogP contribution in [0.2, 0.25) is 0 Å². The Hall–Kier alpha value is -2.76. The molecular formula is C19H17N5O3S3. The topological polar surface area (TPSA) is 110 Å².